The second-order valence-electron chi connectivity index (χ2n) is 6.91. The van der Waals surface area contributed by atoms with Gasteiger partial charge in [-0.1, -0.05) is 62.4 Å². The first-order valence-corrected chi connectivity index (χ1v) is 9.52. The number of fused-ring (bicyclic) bond motifs is 3. The number of esters is 2. The average molecular weight is 366 g/mol. The molecule has 4 heteroatoms. The van der Waals surface area contributed by atoms with Crippen molar-refractivity contribution in [1.29, 1.82) is 0 Å². The summed E-state index contributed by atoms with van der Waals surface area (Å²) in [5.41, 5.74) is 3.24. The summed E-state index contributed by atoms with van der Waals surface area (Å²) in [6, 6.07) is 16.0. The van der Waals surface area contributed by atoms with Gasteiger partial charge in [0.15, 0.2) is 0 Å². The fourth-order valence-corrected chi connectivity index (χ4v) is 4.52. The van der Waals surface area contributed by atoms with E-state index in [1.54, 1.807) is 13.8 Å². The number of benzene rings is 2. The molecule has 1 aliphatic carbocycles. The highest BCUT2D eigenvalue weighted by Gasteiger charge is 2.55. The lowest BCUT2D eigenvalue weighted by Crippen LogP contribution is -2.47. The van der Waals surface area contributed by atoms with E-state index in [1.165, 1.54) is 0 Å². The molecule has 0 saturated carbocycles. The van der Waals surface area contributed by atoms with Gasteiger partial charge in [0.1, 0.15) is 0 Å². The molecule has 142 valence electrons. The summed E-state index contributed by atoms with van der Waals surface area (Å²) in [5, 5.41) is 0. The molecule has 27 heavy (non-hydrogen) atoms. The van der Waals surface area contributed by atoms with Crippen LogP contribution in [0.5, 0.6) is 0 Å². The van der Waals surface area contributed by atoms with Crippen molar-refractivity contribution in [3.05, 3.63) is 59.7 Å². The first-order chi connectivity index (χ1) is 13.0. The van der Waals surface area contributed by atoms with Crippen LogP contribution in [0.3, 0.4) is 0 Å². The highest BCUT2D eigenvalue weighted by molar-refractivity contribution is 5.90. The molecule has 1 aliphatic rings. The van der Waals surface area contributed by atoms with E-state index in [4.69, 9.17) is 9.47 Å². The minimum atomic E-state index is -0.828. The van der Waals surface area contributed by atoms with Gasteiger partial charge in [-0.15, -0.1) is 0 Å². The molecule has 0 saturated heterocycles. The van der Waals surface area contributed by atoms with E-state index >= 15 is 0 Å². The molecule has 4 nitrogen and oxygen atoms in total. The van der Waals surface area contributed by atoms with Crippen molar-refractivity contribution >= 4 is 11.9 Å². The van der Waals surface area contributed by atoms with E-state index in [2.05, 4.69) is 0 Å². The first kappa shape index (κ1) is 19.2. The van der Waals surface area contributed by atoms with Crippen LogP contribution in [0.15, 0.2) is 48.5 Å². The van der Waals surface area contributed by atoms with Gasteiger partial charge in [-0.2, -0.15) is 0 Å². The van der Waals surface area contributed by atoms with Crippen LogP contribution >= 0.6 is 0 Å². The third kappa shape index (κ3) is 2.84. The van der Waals surface area contributed by atoms with Crippen LogP contribution in [0.1, 0.15) is 38.8 Å². The lowest BCUT2D eigenvalue weighted by Gasteiger charge is -2.40. The molecule has 0 heterocycles. The van der Waals surface area contributed by atoms with Crippen LogP contribution in [-0.2, 0) is 24.5 Å². The van der Waals surface area contributed by atoms with Crippen LogP contribution in [0.4, 0.5) is 0 Å². The highest BCUT2D eigenvalue weighted by atomic mass is 16.5. The Balaban J connectivity index is 2.30. The fourth-order valence-electron chi connectivity index (χ4n) is 4.52. The molecule has 0 radical (unpaired) electrons. The van der Waals surface area contributed by atoms with Crippen LogP contribution in [0.2, 0.25) is 0 Å². The fraction of sp³-hybridized carbons (Fsp3) is 0.391. The summed E-state index contributed by atoms with van der Waals surface area (Å²) in [4.78, 5) is 25.7. The molecule has 2 unspecified atom stereocenters. The van der Waals surface area contributed by atoms with Gasteiger partial charge >= 0.3 is 11.9 Å². The van der Waals surface area contributed by atoms with Gasteiger partial charge in [0.05, 0.1) is 25.0 Å². The zero-order valence-corrected chi connectivity index (χ0v) is 16.3. The van der Waals surface area contributed by atoms with Crippen molar-refractivity contribution in [2.45, 2.75) is 33.1 Å². The zero-order chi connectivity index (χ0) is 19.6. The summed E-state index contributed by atoms with van der Waals surface area (Å²) < 4.78 is 10.7. The van der Waals surface area contributed by atoms with E-state index in [-0.39, 0.29) is 11.9 Å². The summed E-state index contributed by atoms with van der Waals surface area (Å²) in [6.07, 6.45) is 0. The van der Waals surface area contributed by atoms with Crippen LogP contribution in [0, 0.1) is 11.8 Å². The Morgan fingerprint density at radius 1 is 0.778 bits per heavy atom. The second-order valence-corrected chi connectivity index (χ2v) is 6.91. The summed E-state index contributed by atoms with van der Waals surface area (Å²) in [7, 11) is 0. The zero-order valence-electron chi connectivity index (χ0n) is 16.3. The second kappa shape index (κ2) is 7.55. The van der Waals surface area contributed by atoms with E-state index in [9.17, 15) is 9.59 Å². The first-order valence-electron chi connectivity index (χ1n) is 9.52. The number of rotatable bonds is 6. The molecule has 0 aliphatic heterocycles. The molecular weight excluding hydrogens is 340 g/mol. The van der Waals surface area contributed by atoms with Crippen molar-refractivity contribution < 1.29 is 19.1 Å². The molecule has 0 fully saturated rings. The average Bonchev–Trinajstić information content (AvgIpc) is 2.98. The van der Waals surface area contributed by atoms with Gasteiger partial charge < -0.3 is 9.47 Å². The quantitative estimate of drug-likeness (QED) is 0.713. The molecule has 0 aromatic heterocycles. The molecule has 0 N–H and O–H groups in total. The molecule has 2 atom stereocenters. The van der Waals surface area contributed by atoms with Crippen LogP contribution < -0.4 is 0 Å². The largest absolute Gasteiger partial charge is 0.466 e. The lowest BCUT2D eigenvalue weighted by molar-refractivity contribution is -0.155. The van der Waals surface area contributed by atoms with Crippen LogP contribution in [0.25, 0.3) is 11.1 Å². The summed E-state index contributed by atoms with van der Waals surface area (Å²) in [5.74, 6) is -1.69. The number of carbonyl (C=O) groups is 2. The lowest BCUT2D eigenvalue weighted by atomic mass is 9.61. The van der Waals surface area contributed by atoms with Crippen molar-refractivity contribution in [3.8, 4) is 11.1 Å². The minimum absolute atomic E-state index is 0.302. The van der Waals surface area contributed by atoms with Crippen molar-refractivity contribution in [2.24, 2.45) is 11.8 Å². The Bertz CT molecular complexity index is 783. The maximum atomic E-state index is 12.9. The SMILES string of the molecule is CCOC(=O)C(C)C1(C(C)C(=O)OCC)c2ccccc2-c2ccccc21. The molecular formula is C23H26O4. The number of hydrogen-bond acceptors (Lipinski definition) is 4. The summed E-state index contributed by atoms with van der Waals surface area (Å²) in [6.45, 7) is 7.90. The van der Waals surface area contributed by atoms with Crippen molar-refractivity contribution in [3.63, 3.8) is 0 Å². The topological polar surface area (TPSA) is 52.6 Å². The van der Waals surface area contributed by atoms with Gasteiger partial charge in [-0.3, -0.25) is 9.59 Å². The van der Waals surface area contributed by atoms with Crippen LogP contribution in [-0.4, -0.2) is 25.2 Å². The standard InChI is InChI=1S/C23H26O4/c1-5-26-21(24)15(3)23(16(4)22(25)27-6-2)19-13-9-7-11-17(19)18-12-8-10-14-20(18)23/h7-16H,5-6H2,1-4H3. The maximum absolute atomic E-state index is 12.9. The molecule has 2 aromatic rings. The Labute approximate surface area is 160 Å². The van der Waals surface area contributed by atoms with E-state index in [0.717, 1.165) is 22.3 Å². The predicted octanol–water partition coefficient (Wildman–Crippen LogP) is 4.35. The third-order valence-electron chi connectivity index (χ3n) is 5.68. The predicted molar refractivity (Wildman–Crippen MR) is 104 cm³/mol. The van der Waals surface area contributed by atoms with Crippen molar-refractivity contribution in [2.75, 3.05) is 13.2 Å². The molecule has 2 aromatic carbocycles. The van der Waals surface area contributed by atoms with Gasteiger partial charge in [0.2, 0.25) is 0 Å². The highest BCUT2D eigenvalue weighted by Crippen LogP contribution is 2.56. The van der Waals surface area contributed by atoms with Gasteiger partial charge in [0.25, 0.3) is 0 Å². The molecule has 0 bridgehead atoms. The Morgan fingerprint density at radius 3 is 1.52 bits per heavy atom. The van der Waals surface area contributed by atoms with Gasteiger partial charge in [0, 0.05) is 5.41 Å². The molecule has 0 amide bonds. The Morgan fingerprint density at radius 2 is 1.15 bits per heavy atom. The monoisotopic (exact) mass is 366 g/mol. The third-order valence-corrected chi connectivity index (χ3v) is 5.68. The molecule has 0 spiro atoms. The van der Waals surface area contributed by atoms with E-state index in [1.807, 2.05) is 62.4 Å². The Kier molecular flexibility index (Phi) is 5.36. The van der Waals surface area contributed by atoms with E-state index in [0.29, 0.717) is 13.2 Å². The molecule has 3 rings (SSSR count). The van der Waals surface area contributed by atoms with Crippen molar-refractivity contribution in [1.82, 2.24) is 0 Å². The minimum Gasteiger partial charge on any atom is -0.466 e. The normalized spacial score (nSPS) is 16.0. The number of hydrogen-bond donors (Lipinski definition) is 0. The maximum Gasteiger partial charge on any atom is 0.309 e. The Hall–Kier alpha value is -2.62. The summed E-state index contributed by atoms with van der Waals surface area (Å²) >= 11 is 0. The van der Waals surface area contributed by atoms with Gasteiger partial charge in [-0.25, -0.2) is 0 Å². The number of carbonyl (C=O) groups excluding carboxylic acids is 2. The van der Waals surface area contributed by atoms with Gasteiger partial charge in [-0.05, 0) is 36.1 Å². The number of ether oxygens (including phenoxy) is 2. The van der Waals surface area contributed by atoms with E-state index < -0.39 is 17.3 Å². The smallest absolute Gasteiger partial charge is 0.309 e.